The number of rotatable bonds is 6. The van der Waals surface area contributed by atoms with Gasteiger partial charge < -0.3 is 4.98 Å². The first-order valence-corrected chi connectivity index (χ1v) is 10.1. The van der Waals surface area contributed by atoms with E-state index in [1.807, 2.05) is 30.6 Å². The van der Waals surface area contributed by atoms with Crippen molar-refractivity contribution < 1.29 is 0 Å². The fourth-order valence-electron chi connectivity index (χ4n) is 2.95. The van der Waals surface area contributed by atoms with Gasteiger partial charge in [0, 0.05) is 28.4 Å². The predicted octanol–water partition coefficient (Wildman–Crippen LogP) is 5.16. The van der Waals surface area contributed by atoms with Crippen molar-refractivity contribution in [2.24, 2.45) is 5.10 Å². The lowest BCUT2D eigenvalue weighted by atomic mass is 10.1. The van der Waals surface area contributed by atoms with E-state index < -0.39 is 0 Å². The quantitative estimate of drug-likeness (QED) is 0.270. The lowest BCUT2D eigenvalue weighted by Crippen LogP contribution is -1.94. The molecule has 0 aliphatic heterocycles. The molecule has 0 spiro atoms. The Morgan fingerprint density at radius 3 is 2.85 bits per heavy atom. The van der Waals surface area contributed by atoms with E-state index in [1.54, 1.807) is 16.4 Å². The molecule has 0 aliphatic carbocycles. The molecular formula is C20H19N5S2. The number of hydrogen-bond donors (Lipinski definition) is 2. The first kappa shape index (κ1) is 17.8. The van der Waals surface area contributed by atoms with E-state index in [0.717, 1.165) is 33.8 Å². The molecule has 0 saturated heterocycles. The van der Waals surface area contributed by atoms with Crippen molar-refractivity contribution in [2.45, 2.75) is 24.3 Å². The van der Waals surface area contributed by atoms with Gasteiger partial charge in [-0.1, -0.05) is 67.2 Å². The number of thioether (sulfide) groups is 1. The Bertz CT molecular complexity index is 1140. The van der Waals surface area contributed by atoms with E-state index in [0.29, 0.717) is 4.77 Å². The van der Waals surface area contributed by atoms with Gasteiger partial charge in [-0.2, -0.15) is 9.78 Å². The van der Waals surface area contributed by atoms with Crippen LogP contribution >= 0.6 is 24.0 Å². The smallest absolute Gasteiger partial charge is 0.217 e. The minimum atomic E-state index is 0.482. The molecular weight excluding hydrogens is 374 g/mol. The molecule has 0 bridgehead atoms. The molecule has 0 atom stereocenters. The van der Waals surface area contributed by atoms with Crippen LogP contribution in [0.5, 0.6) is 0 Å². The number of aromatic nitrogens is 4. The average Bonchev–Trinajstić information content (AvgIpc) is 3.28. The molecule has 4 aromatic rings. The zero-order valence-corrected chi connectivity index (χ0v) is 16.5. The fraction of sp³-hybridized carbons (Fsp3) is 0.150. The molecule has 0 aliphatic rings. The van der Waals surface area contributed by atoms with E-state index in [9.17, 15) is 0 Å². The van der Waals surface area contributed by atoms with E-state index in [4.69, 9.17) is 12.2 Å². The molecule has 2 aromatic carbocycles. The highest BCUT2D eigenvalue weighted by molar-refractivity contribution is 7.98. The van der Waals surface area contributed by atoms with Crippen LogP contribution in [-0.2, 0) is 12.2 Å². The van der Waals surface area contributed by atoms with Gasteiger partial charge in [-0.25, -0.2) is 5.10 Å². The number of benzene rings is 2. The summed E-state index contributed by atoms with van der Waals surface area (Å²) in [4.78, 5) is 3.36. The molecule has 2 aromatic heterocycles. The third-order valence-electron chi connectivity index (χ3n) is 4.36. The number of para-hydroxylation sites is 1. The van der Waals surface area contributed by atoms with E-state index in [2.05, 4.69) is 57.5 Å². The van der Waals surface area contributed by atoms with Crippen LogP contribution in [0.3, 0.4) is 0 Å². The van der Waals surface area contributed by atoms with Gasteiger partial charge in [-0.05, 0) is 29.8 Å². The number of fused-ring (bicyclic) bond motifs is 1. The SMILES string of the molecule is CCc1cccc2c(/C=N/n3c(SCc4ccccc4)n[nH]c3=S)c[nH]c12. The van der Waals surface area contributed by atoms with Crippen LogP contribution in [0.4, 0.5) is 0 Å². The Hall–Kier alpha value is -2.64. The molecule has 0 unspecified atom stereocenters. The summed E-state index contributed by atoms with van der Waals surface area (Å²) in [6.45, 7) is 2.16. The molecule has 0 radical (unpaired) electrons. The predicted molar refractivity (Wildman–Crippen MR) is 114 cm³/mol. The first-order chi connectivity index (χ1) is 13.3. The molecule has 2 heterocycles. The Labute approximate surface area is 166 Å². The lowest BCUT2D eigenvalue weighted by molar-refractivity contribution is 0.759. The summed E-state index contributed by atoms with van der Waals surface area (Å²) in [6.07, 6.45) is 4.80. The molecule has 4 rings (SSSR count). The van der Waals surface area contributed by atoms with Crippen LogP contribution in [0.15, 0.2) is 65.0 Å². The van der Waals surface area contributed by atoms with Crippen LogP contribution in [0.25, 0.3) is 10.9 Å². The second-order valence-corrected chi connectivity index (χ2v) is 7.41. The number of nitrogens with one attached hydrogen (secondary N) is 2. The summed E-state index contributed by atoms with van der Waals surface area (Å²) in [7, 11) is 0. The molecule has 27 heavy (non-hydrogen) atoms. The number of aryl methyl sites for hydroxylation is 1. The topological polar surface area (TPSA) is 61.8 Å². The highest BCUT2D eigenvalue weighted by Gasteiger charge is 2.08. The number of H-pyrrole nitrogens is 2. The monoisotopic (exact) mass is 393 g/mol. The summed E-state index contributed by atoms with van der Waals surface area (Å²) in [5, 5.41) is 13.6. The zero-order valence-electron chi connectivity index (χ0n) is 14.8. The summed E-state index contributed by atoms with van der Waals surface area (Å²) in [5.41, 5.74) is 4.72. The fourth-order valence-corrected chi connectivity index (χ4v) is 4.05. The molecule has 0 amide bonds. The van der Waals surface area contributed by atoms with Crippen LogP contribution in [0, 0.1) is 4.77 Å². The largest absolute Gasteiger partial charge is 0.360 e. The van der Waals surface area contributed by atoms with Crippen molar-refractivity contribution in [2.75, 3.05) is 0 Å². The molecule has 7 heteroatoms. The third kappa shape index (κ3) is 3.74. The number of nitrogens with zero attached hydrogens (tertiary/aromatic N) is 3. The van der Waals surface area contributed by atoms with Crippen LogP contribution in [-0.4, -0.2) is 26.1 Å². The van der Waals surface area contributed by atoms with E-state index in [-0.39, 0.29) is 0 Å². The number of aromatic amines is 2. The van der Waals surface area contributed by atoms with Crippen molar-refractivity contribution in [3.05, 3.63) is 76.2 Å². The van der Waals surface area contributed by atoms with Crippen molar-refractivity contribution >= 4 is 41.1 Å². The number of hydrogen-bond acceptors (Lipinski definition) is 4. The third-order valence-corrected chi connectivity index (χ3v) is 5.62. The maximum Gasteiger partial charge on any atom is 0.217 e. The van der Waals surface area contributed by atoms with Gasteiger partial charge in [-0.3, -0.25) is 0 Å². The molecule has 0 saturated carbocycles. The summed E-state index contributed by atoms with van der Waals surface area (Å²) in [6, 6.07) is 16.6. The lowest BCUT2D eigenvalue weighted by Gasteiger charge is -2.01. The second kappa shape index (κ2) is 7.94. The second-order valence-electron chi connectivity index (χ2n) is 6.08. The molecule has 2 N–H and O–H groups in total. The van der Waals surface area contributed by atoms with E-state index in [1.165, 1.54) is 11.1 Å². The van der Waals surface area contributed by atoms with Crippen molar-refractivity contribution in [1.29, 1.82) is 0 Å². The van der Waals surface area contributed by atoms with Gasteiger partial charge in [0.25, 0.3) is 0 Å². The van der Waals surface area contributed by atoms with E-state index >= 15 is 0 Å². The summed E-state index contributed by atoms with van der Waals surface area (Å²) >= 11 is 6.94. The Kier molecular flexibility index (Phi) is 5.22. The van der Waals surface area contributed by atoms with Gasteiger partial charge in [-0.15, -0.1) is 5.10 Å². The maximum absolute atomic E-state index is 5.34. The van der Waals surface area contributed by atoms with Gasteiger partial charge in [0.05, 0.1) is 6.21 Å². The first-order valence-electron chi connectivity index (χ1n) is 8.73. The van der Waals surface area contributed by atoms with Crippen LogP contribution in [0.1, 0.15) is 23.6 Å². The summed E-state index contributed by atoms with van der Waals surface area (Å²) in [5.74, 6) is 0.808. The van der Waals surface area contributed by atoms with Crippen molar-refractivity contribution in [3.63, 3.8) is 0 Å². The van der Waals surface area contributed by atoms with Crippen molar-refractivity contribution in [3.8, 4) is 0 Å². The Morgan fingerprint density at radius 1 is 1.19 bits per heavy atom. The summed E-state index contributed by atoms with van der Waals surface area (Å²) < 4.78 is 2.15. The average molecular weight is 394 g/mol. The standard InChI is InChI=1S/C20H19N5S2/c1-2-15-9-6-10-17-16(11-21-18(15)17)12-22-25-19(26)23-24-20(25)27-13-14-7-4-3-5-8-14/h3-12,21H,2,13H2,1H3,(H,23,26)/b22-12+. The molecule has 5 nitrogen and oxygen atoms in total. The normalized spacial score (nSPS) is 11.6. The van der Waals surface area contributed by atoms with Gasteiger partial charge in [0.1, 0.15) is 0 Å². The van der Waals surface area contributed by atoms with Gasteiger partial charge in [0.15, 0.2) is 0 Å². The highest BCUT2D eigenvalue weighted by atomic mass is 32.2. The van der Waals surface area contributed by atoms with Gasteiger partial charge >= 0.3 is 0 Å². The van der Waals surface area contributed by atoms with Crippen LogP contribution in [0.2, 0.25) is 0 Å². The van der Waals surface area contributed by atoms with Crippen molar-refractivity contribution in [1.82, 2.24) is 19.9 Å². The molecule has 136 valence electrons. The zero-order chi connectivity index (χ0) is 18.6. The Morgan fingerprint density at radius 2 is 2.04 bits per heavy atom. The maximum atomic E-state index is 5.34. The highest BCUT2D eigenvalue weighted by Crippen LogP contribution is 2.23. The minimum absolute atomic E-state index is 0.482. The minimum Gasteiger partial charge on any atom is -0.360 e. The van der Waals surface area contributed by atoms with Crippen LogP contribution < -0.4 is 0 Å². The molecule has 0 fully saturated rings. The Balaban J connectivity index is 1.60. The van der Waals surface area contributed by atoms with Gasteiger partial charge in [0.2, 0.25) is 9.93 Å².